The minimum Gasteiger partial charge on any atom is -0.497 e. The van der Waals surface area contributed by atoms with Gasteiger partial charge in [0.25, 0.3) is 0 Å². The summed E-state index contributed by atoms with van der Waals surface area (Å²) in [6.07, 6.45) is 6.12. The average Bonchev–Trinajstić information content (AvgIpc) is 3.51. The van der Waals surface area contributed by atoms with E-state index in [0.29, 0.717) is 54.1 Å². The van der Waals surface area contributed by atoms with Crippen molar-refractivity contribution in [2.24, 2.45) is 5.92 Å². The minimum atomic E-state index is -3.52. The van der Waals surface area contributed by atoms with Gasteiger partial charge in [-0.25, -0.2) is 13.4 Å². The number of ether oxygens (including phenoxy) is 2. The molecule has 2 aromatic heterocycles. The van der Waals surface area contributed by atoms with Crippen molar-refractivity contribution < 1.29 is 27.1 Å². The van der Waals surface area contributed by atoms with Crippen LogP contribution in [-0.2, 0) is 25.8 Å². The summed E-state index contributed by atoms with van der Waals surface area (Å²) in [4.78, 5) is 17.7. The Morgan fingerprint density at radius 3 is 2.68 bits per heavy atom. The van der Waals surface area contributed by atoms with Gasteiger partial charge in [0.15, 0.2) is 20.8 Å². The Balaban J connectivity index is 1.57. The van der Waals surface area contributed by atoms with Crippen molar-refractivity contribution >= 4 is 37.9 Å². The molecule has 182 valence electrons. The number of halogens is 1. The second-order valence-corrected chi connectivity index (χ2v) is 12.2. The molecule has 2 aliphatic rings. The molecular formula is C23H26FN3O5S2. The summed E-state index contributed by atoms with van der Waals surface area (Å²) in [5, 5.41) is 4.58. The van der Waals surface area contributed by atoms with Crippen LogP contribution in [0.2, 0.25) is 0 Å². The van der Waals surface area contributed by atoms with Crippen LogP contribution < -0.4 is 4.74 Å². The van der Waals surface area contributed by atoms with Gasteiger partial charge < -0.3 is 9.47 Å². The van der Waals surface area contributed by atoms with Crippen LogP contribution in [0.3, 0.4) is 0 Å². The molecule has 0 radical (unpaired) electrons. The topological polar surface area (TPSA) is 100 Å². The Kier molecular flexibility index (Phi) is 6.43. The van der Waals surface area contributed by atoms with Crippen molar-refractivity contribution in [3.8, 4) is 5.75 Å². The second-order valence-electron chi connectivity index (χ2n) is 8.90. The highest BCUT2D eigenvalue weighted by Crippen LogP contribution is 2.39. The first-order valence-corrected chi connectivity index (χ1v) is 13.7. The van der Waals surface area contributed by atoms with Crippen LogP contribution in [0, 0.1) is 11.0 Å². The molecule has 0 bridgehead atoms. The third-order valence-corrected chi connectivity index (χ3v) is 9.66. The van der Waals surface area contributed by atoms with Crippen molar-refractivity contribution in [2.45, 2.75) is 54.7 Å². The quantitative estimate of drug-likeness (QED) is 0.435. The van der Waals surface area contributed by atoms with E-state index < -0.39 is 21.0 Å². The summed E-state index contributed by atoms with van der Waals surface area (Å²) in [7, 11) is -2.03. The Morgan fingerprint density at radius 2 is 2.03 bits per heavy atom. The SMILES string of the molecule is COc1cc(S(=O)(=O)C2CC2)c2cnn([C@H](CC3CCOCC3)C(=O)Cc3ncc(F)s3)c2c1. The predicted molar refractivity (Wildman–Crippen MR) is 124 cm³/mol. The van der Waals surface area contributed by atoms with Gasteiger partial charge in [0.1, 0.15) is 16.8 Å². The van der Waals surface area contributed by atoms with Crippen LogP contribution in [0.15, 0.2) is 29.4 Å². The minimum absolute atomic E-state index is 0.0129. The van der Waals surface area contributed by atoms with Crippen LogP contribution in [0.5, 0.6) is 5.75 Å². The molecule has 0 amide bonds. The van der Waals surface area contributed by atoms with Gasteiger partial charge in [-0.05, 0) is 44.1 Å². The van der Waals surface area contributed by atoms with E-state index in [0.717, 1.165) is 30.4 Å². The van der Waals surface area contributed by atoms with Crippen LogP contribution in [0.25, 0.3) is 10.9 Å². The lowest BCUT2D eigenvalue weighted by Gasteiger charge is -2.26. The first kappa shape index (κ1) is 23.4. The molecule has 0 N–H and O–H groups in total. The summed E-state index contributed by atoms with van der Waals surface area (Å²) >= 11 is 0.855. The van der Waals surface area contributed by atoms with Gasteiger partial charge in [0, 0.05) is 24.7 Å². The van der Waals surface area contributed by atoms with E-state index in [-0.39, 0.29) is 28.3 Å². The largest absolute Gasteiger partial charge is 0.497 e. The normalized spacial score (nSPS) is 18.3. The molecule has 1 aliphatic heterocycles. The number of carbonyl (C=O) groups excluding carboxylic acids is 1. The molecule has 1 atom stereocenters. The number of thiazole rings is 1. The van der Waals surface area contributed by atoms with Gasteiger partial charge in [0.05, 0.1) is 41.6 Å². The highest BCUT2D eigenvalue weighted by molar-refractivity contribution is 7.92. The monoisotopic (exact) mass is 507 g/mol. The van der Waals surface area contributed by atoms with Gasteiger partial charge in [0.2, 0.25) is 0 Å². The Labute approximate surface area is 201 Å². The van der Waals surface area contributed by atoms with Crippen molar-refractivity contribution in [3.63, 3.8) is 0 Å². The zero-order valence-electron chi connectivity index (χ0n) is 18.8. The maximum Gasteiger partial charge on any atom is 0.196 e. The molecule has 8 nitrogen and oxygen atoms in total. The van der Waals surface area contributed by atoms with Crippen molar-refractivity contribution in [2.75, 3.05) is 20.3 Å². The van der Waals surface area contributed by atoms with Gasteiger partial charge in [-0.1, -0.05) is 11.3 Å². The molecule has 11 heteroatoms. The fourth-order valence-electron chi connectivity index (χ4n) is 4.55. The zero-order valence-corrected chi connectivity index (χ0v) is 20.4. The molecule has 5 rings (SSSR count). The Hall–Kier alpha value is -2.37. The van der Waals surface area contributed by atoms with Crippen molar-refractivity contribution in [1.29, 1.82) is 0 Å². The smallest absolute Gasteiger partial charge is 0.196 e. The third-order valence-electron chi connectivity index (χ3n) is 6.57. The zero-order chi connectivity index (χ0) is 23.9. The molecule has 1 aliphatic carbocycles. The number of sulfone groups is 1. The molecule has 0 unspecified atom stereocenters. The lowest BCUT2D eigenvalue weighted by Crippen LogP contribution is -2.27. The van der Waals surface area contributed by atoms with E-state index in [2.05, 4.69) is 10.1 Å². The van der Waals surface area contributed by atoms with Gasteiger partial charge in [-0.3, -0.25) is 9.48 Å². The number of aromatic nitrogens is 3. The Bertz CT molecular complexity index is 1310. The highest BCUT2D eigenvalue weighted by atomic mass is 32.2. The summed E-state index contributed by atoms with van der Waals surface area (Å²) < 4.78 is 52.3. The molecule has 3 heterocycles. The molecule has 1 saturated heterocycles. The maximum absolute atomic E-state index is 13.5. The number of carbonyl (C=O) groups is 1. The molecule has 0 spiro atoms. The number of benzene rings is 1. The van der Waals surface area contributed by atoms with Crippen LogP contribution in [0.4, 0.5) is 4.39 Å². The molecule has 1 aromatic carbocycles. The maximum atomic E-state index is 13.5. The number of nitrogens with zero attached hydrogens (tertiary/aromatic N) is 3. The molecular weight excluding hydrogens is 481 g/mol. The van der Waals surface area contributed by atoms with Gasteiger partial charge in [-0.15, -0.1) is 0 Å². The summed E-state index contributed by atoms with van der Waals surface area (Å²) in [6, 6.07) is 2.62. The summed E-state index contributed by atoms with van der Waals surface area (Å²) in [6.45, 7) is 1.28. The van der Waals surface area contributed by atoms with Gasteiger partial charge >= 0.3 is 0 Å². The molecule has 3 aromatic rings. The number of rotatable bonds is 9. The van der Waals surface area contributed by atoms with Crippen LogP contribution >= 0.6 is 11.3 Å². The predicted octanol–water partition coefficient (Wildman–Crippen LogP) is 3.75. The molecule has 34 heavy (non-hydrogen) atoms. The van der Waals surface area contributed by atoms with E-state index in [1.54, 1.807) is 10.7 Å². The number of Topliss-reactive ketones (excluding diaryl/α,β-unsaturated/α-hetero) is 1. The third kappa shape index (κ3) is 4.60. The molecule has 1 saturated carbocycles. The van der Waals surface area contributed by atoms with E-state index >= 15 is 0 Å². The van der Waals surface area contributed by atoms with E-state index in [9.17, 15) is 17.6 Å². The van der Waals surface area contributed by atoms with Crippen molar-refractivity contribution in [3.05, 3.63) is 34.7 Å². The number of hydrogen-bond acceptors (Lipinski definition) is 8. The van der Waals surface area contributed by atoms with E-state index in [4.69, 9.17) is 9.47 Å². The number of hydrogen-bond donors (Lipinski definition) is 0. The fourth-order valence-corrected chi connectivity index (χ4v) is 7.06. The van der Waals surface area contributed by atoms with Gasteiger partial charge in [-0.2, -0.15) is 9.49 Å². The van der Waals surface area contributed by atoms with Crippen LogP contribution in [0.1, 0.15) is 43.2 Å². The fraction of sp³-hybridized carbons (Fsp3) is 0.522. The standard InChI is InChI=1S/C23H26FN3O5S2/c1-31-15-9-18-17(21(10-15)34(29,30)16-2-3-16)12-26-27(18)19(8-14-4-6-32-7-5-14)20(28)11-23-25-13-22(24)33-23/h9-10,12-14,16,19H,2-8,11H2,1H3/t19-/m1/s1. The second kappa shape index (κ2) is 9.35. The first-order valence-electron chi connectivity index (χ1n) is 11.4. The van der Waals surface area contributed by atoms with Crippen molar-refractivity contribution in [1.82, 2.24) is 14.8 Å². The van der Waals surface area contributed by atoms with E-state index in [1.807, 2.05) is 0 Å². The lowest BCUT2D eigenvalue weighted by atomic mass is 9.90. The summed E-state index contributed by atoms with van der Waals surface area (Å²) in [5.74, 6) is 0.517. The Morgan fingerprint density at radius 1 is 1.26 bits per heavy atom. The number of methoxy groups -OCH3 is 1. The highest BCUT2D eigenvalue weighted by Gasteiger charge is 2.39. The first-order chi connectivity index (χ1) is 16.4. The lowest BCUT2D eigenvalue weighted by molar-refractivity contribution is -0.122. The number of fused-ring (bicyclic) bond motifs is 1. The van der Waals surface area contributed by atoms with E-state index in [1.165, 1.54) is 19.4 Å². The number of ketones is 1. The molecule has 2 fully saturated rings. The van der Waals surface area contributed by atoms with Crippen LogP contribution in [-0.4, -0.2) is 54.5 Å². The average molecular weight is 508 g/mol. The summed E-state index contributed by atoms with van der Waals surface area (Å²) in [5.41, 5.74) is 0.536.